The molecule has 4 unspecified atom stereocenters. The van der Waals surface area contributed by atoms with Crippen molar-refractivity contribution in [3.05, 3.63) is 71.4 Å². The van der Waals surface area contributed by atoms with Crippen LogP contribution in [0.15, 0.2) is 58.2 Å². The summed E-state index contributed by atoms with van der Waals surface area (Å²) < 4.78 is 5.46. The van der Waals surface area contributed by atoms with Gasteiger partial charge in [0.05, 0.1) is 23.3 Å². The average Bonchev–Trinajstić information content (AvgIpc) is 3.57. The Morgan fingerprint density at radius 1 is 1.18 bits per heavy atom. The quantitative estimate of drug-likeness (QED) is 0.523. The van der Waals surface area contributed by atoms with Gasteiger partial charge in [0.15, 0.2) is 0 Å². The van der Waals surface area contributed by atoms with Crippen LogP contribution in [-0.4, -0.2) is 56.4 Å². The van der Waals surface area contributed by atoms with Crippen molar-refractivity contribution in [2.24, 2.45) is 10.9 Å². The standard InChI is InChI=1S/C30H34N4O4/c1-17(2)27(26-13-18(3)33-38-26)28(36)34-16-22(35)14-25(34)24-15-30(5,29(37)32-24)21-10-8-20(9-11-21)23-7-6-12-31-19(23)4/h6-13,17,22,25,27,35H,14-16H2,1-5H3. The highest BCUT2D eigenvalue weighted by atomic mass is 16.5. The van der Waals surface area contributed by atoms with Crippen LogP contribution in [0.1, 0.15) is 62.2 Å². The molecular weight excluding hydrogens is 480 g/mol. The largest absolute Gasteiger partial charge is 0.391 e. The molecule has 0 aliphatic carbocycles. The minimum atomic E-state index is -0.834. The molecule has 2 aliphatic rings. The Hall–Kier alpha value is -3.65. The molecule has 5 rings (SSSR count). The number of hydrogen-bond acceptors (Lipinski definition) is 6. The van der Waals surface area contributed by atoms with Gasteiger partial charge >= 0.3 is 0 Å². The van der Waals surface area contributed by atoms with E-state index < -0.39 is 23.5 Å². The fraction of sp³-hybridized carbons (Fsp3) is 0.433. The first-order valence-electron chi connectivity index (χ1n) is 13.1. The molecule has 8 nitrogen and oxygen atoms in total. The second kappa shape index (κ2) is 9.91. The highest BCUT2D eigenvalue weighted by molar-refractivity contribution is 6.11. The molecule has 38 heavy (non-hydrogen) atoms. The summed E-state index contributed by atoms with van der Waals surface area (Å²) in [6.45, 7) is 9.83. The minimum Gasteiger partial charge on any atom is -0.391 e. The second-order valence-corrected chi connectivity index (χ2v) is 11.1. The molecule has 2 aliphatic heterocycles. The molecular formula is C30H34N4O4. The van der Waals surface area contributed by atoms with E-state index in [1.807, 2.05) is 71.0 Å². The highest BCUT2D eigenvalue weighted by Gasteiger charge is 2.48. The molecule has 198 valence electrons. The Morgan fingerprint density at radius 2 is 1.92 bits per heavy atom. The molecule has 2 aromatic heterocycles. The number of aliphatic hydroxyl groups is 1. The van der Waals surface area contributed by atoms with Crippen molar-refractivity contribution < 1.29 is 19.2 Å². The number of aromatic nitrogens is 2. The Bertz CT molecular complexity index is 1390. The monoisotopic (exact) mass is 514 g/mol. The van der Waals surface area contributed by atoms with Crippen LogP contribution in [0.25, 0.3) is 11.1 Å². The van der Waals surface area contributed by atoms with Crippen molar-refractivity contribution in [2.75, 3.05) is 6.54 Å². The predicted molar refractivity (Wildman–Crippen MR) is 144 cm³/mol. The van der Waals surface area contributed by atoms with Crippen LogP contribution >= 0.6 is 0 Å². The Balaban J connectivity index is 1.39. The van der Waals surface area contributed by atoms with E-state index in [-0.39, 0.29) is 24.3 Å². The maximum absolute atomic E-state index is 13.8. The van der Waals surface area contributed by atoms with E-state index in [0.29, 0.717) is 30.0 Å². The van der Waals surface area contributed by atoms with Gasteiger partial charge in [-0.1, -0.05) is 49.3 Å². The number of hydrogen-bond donors (Lipinski definition) is 1. The molecule has 1 aromatic carbocycles. The van der Waals surface area contributed by atoms with Gasteiger partial charge in [-0.15, -0.1) is 0 Å². The van der Waals surface area contributed by atoms with Gasteiger partial charge in [-0.3, -0.25) is 14.6 Å². The third-order valence-electron chi connectivity index (χ3n) is 7.92. The van der Waals surface area contributed by atoms with Crippen molar-refractivity contribution in [1.82, 2.24) is 15.0 Å². The van der Waals surface area contributed by atoms with E-state index in [2.05, 4.69) is 15.1 Å². The summed E-state index contributed by atoms with van der Waals surface area (Å²) in [7, 11) is 0. The van der Waals surface area contributed by atoms with Gasteiger partial charge < -0.3 is 14.5 Å². The number of amides is 2. The average molecular weight is 515 g/mol. The fourth-order valence-corrected chi connectivity index (χ4v) is 5.77. The summed E-state index contributed by atoms with van der Waals surface area (Å²) in [5.74, 6) is -0.416. The first-order chi connectivity index (χ1) is 18.1. The topological polar surface area (TPSA) is 109 Å². The van der Waals surface area contributed by atoms with Crippen molar-refractivity contribution in [3.8, 4) is 11.1 Å². The lowest BCUT2D eigenvalue weighted by molar-refractivity contribution is -0.134. The molecule has 0 bridgehead atoms. The van der Waals surface area contributed by atoms with Crippen LogP contribution in [0.4, 0.5) is 0 Å². The summed E-state index contributed by atoms with van der Waals surface area (Å²) >= 11 is 0. The number of β-amino-alcohol motifs (C(OH)–C–C–N with tert-alkyl or cyclic N) is 1. The van der Waals surface area contributed by atoms with Gasteiger partial charge in [0, 0.05) is 48.6 Å². The van der Waals surface area contributed by atoms with Gasteiger partial charge in [-0.25, -0.2) is 4.99 Å². The lowest BCUT2D eigenvalue weighted by atomic mass is 9.78. The van der Waals surface area contributed by atoms with Crippen molar-refractivity contribution in [1.29, 1.82) is 0 Å². The van der Waals surface area contributed by atoms with Gasteiger partial charge in [-0.2, -0.15) is 0 Å². The number of carbonyl (C=O) groups is 2. The van der Waals surface area contributed by atoms with E-state index in [9.17, 15) is 14.7 Å². The number of nitrogens with zero attached hydrogens (tertiary/aromatic N) is 4. The normalized spacial score (nSPS) is 24.2. The lowest BCUT2D eigenvalue weighted by Crippen LogP contribution is -2.44. The maximum atomic E-state index is 13.8. The maximum Gasteiger partial charge on any atom is 0.256 e. The molecule has 3 aromatic rings. The number of rotatable bonds is 6. The van der Waals surface area contributed by atoms with E-state index in [1.54, 1.807) is 17.2 Å². The highest BCUT2D eigenvalue weighted by Crippen LogP contribution is 2.39. The SMILES string of the molecule is Cc1cc(C(C(=O)N2CC(O)CC2C2=NC(=O)C(C)(c3ccc(-c4cccnc4C)cc3)C2)C(C)C)on1. The van der Waals surface area contributed by atoms with E-state index in [4.69, 9.17) is 4.52 Å². The van der Waals surface area contributed by atoms with E-state index >= 15 is 0 Å². The molecule has 0 saturated carbocycles. The lowest BCUT2D eigenvalue weighted by Gasteiger charge is -2.30. The van der Waals surface area contributed by atoms with Crippen LogP contribution in [0.5, 0.6) is 0 Å². The van der Waals surface area contributed by atoms with Crippen molar-refractivity contribution in [2.45, 2.75) is 70.9 Å². The Morgan fingerprint density at radius 3 is 2.55 bits per heavy atom. The molecule has 0 spiro atoms. The van der Waals surface area contributed by atoms with E-state index in [0.717, 1.165) is 22.4 Å². The fourth-order valence-electron chi connectivity index (χ4n) is 5.77. The summed E-state index contributed by atoms with van der Waals surface area (Å²) in [5.41, 5.74) is 4.43. The summed E-state index contributed by atoms with van der Waals surface area (Å²) in [6, 6.07) is 13.3. The summed E-state index contributed by atoms with van der Waals surface area (Å²) in [6.07, 6.45) is 1.84. The first kappa shape index (κ1) is 26.0. The summed E-state index contributed by atoms with van der Waals surface area (Å²) in [4.78, 5) is 37.6. The van der Waals surface area contributed by atoms with Crippen LogP contribution in [0.3, 0.4) is 0 Å². The van der Waals surface area contributed by atoms with Gasteiger partial charge in [0.1, 0.15) is 11.7 Å². The third kappa shape index (κ3) is 4.58. The van der Waals surface area contributed by atoms with Gasteiger partial charge in [0.25, 0.3) is 5.91 Å². The number of aryl methyl sites for hydroxylation is 2. The molecule has 1 fully saturated rings. The van der Waals surface area contributed by atoms with E-state index in [1.165, 1.54) is 0 Å². The molecule has 1 N–H and O–H groups in total. The first-order valence-corrected chi connectivity index (χ1v) is 13.1. The summed E-state index contributed by atoms with van der Waals surface area (Å²) in [5, 5.41) is 14.5. The van der Waals surface area contributed by atoms with Crippen LogP contribution in [-0.2, 0) is 15.0 Å². The molecule has 2 amide bonds. The number of benzene rings is 1. The minimum absolute atomic E-state index is 0.0346. The van der Waals surface area contributed by atoms with Crippen molar-refractivity contribution >= 4 is 17.5 Å². The van der Waals surface area contributed by atoms with Crippen LogP contribution in [0, 0.1) is 19.8 Å². The molecule has 4 heterocycles. The smallest absolute Gasteiger partial charge is 0.256 e. The Labute approximate surface area is 222 Å². The number of aliphatic hydroxyl groups excluding tert-OH is 1. The zero-order valence-corrected chi connectivity index (χ0v) is 22.5. The molecule has 8 heteroatoms. The predicted octanol–water partition coefficient (Wildman–Crippen LogP) is 4.38. The van der Waals surface area contributed by atoms with Crippen LogP contribution in [0.2, 0.25) is 0 Å². The number of aliphatic imine (C=N–C) groups is 1. The molecule has 4 atom stereocenters. The zero-order valence-electron chi connectivity index (χ0n) is 22.5. The van der Waals surface area contributed by atoms with Gasteiger partial charge in [-0.05, 0) is 43.9 Å². The second-order valence-electron chi connectivity index (χ2n) is 11.1. The van der Waals surface area contributed by atoms with Crippen molar-refractivity contribution in [3.63, 3.8) is 0 Å². The number of pyridine rings is 1. The molecule has 1 saturated heterocycles. The Kier molecular flexibility index (Phi) is 6.77. The molecule has 0 radical (unpaired) electrons. The number of likely N-dealkylation sites (tertiary alicyclic amines) is 1. The van der Waals surface area contributed by atoms with Crippen LogP contribution < -0.4 is 0 Å². The third-order valence-corrected chi connectivity index (χ3v) is 7.92. The zero-order chi connectivity index (χ0) is 27.2. The van der Waals surface area contributed by atoms with Gasteiger partial charge in [0.2, 0.25) is 5.91 Å². The number of carbonyl (C=O) groups excluding carboxylic acids is 2.